The molecular formula is C73H129NO18. The monoisotopic (exact) mass is 1310 g/mol. The summed E-state index contributed by atoms with van der Waals surface area (Å²) >= 11 is 0. The number of carbonyl (C=O) groups is 1. The summed E-state index contributed by atoms with van der Waals surface area (Å²) in [6.07, 6.45) is 42.3. The lowest BCUT2D eigenvalue weighted by Gasteiger charge is -2.48. The largest absolute Gasteiger partial charge is 0.394 e. The average Bonchev–Trinajstić information content (AvgIpc) is 0.837. The molecule has 0 aliphatic carbocycles. The lowest BCUT2D eigenvalue weighted by Crippen LogP contribution is -2.66. The van der Waals surface area contributed by atoms with Crippen molar-refractivity contribution in [2.24, 2.45) is 0 Å². The van der Waals surface area contributed by atoms with Crippen LogP contribution in [0.15, 0.2) is 72.9 Å². The van der Waals surface area contributed by atoms with E-state index in [0.717, 1.165) is 51.4 Å². The zero-order valence-electron chi connectivity index (χ0n) is 56.5. The summed E-state index contributed by atoms with van der Waals surface area (Å²) in [4.78, 5) is 13.3. The van der Waals surface area contributed by atoms with Crippen molar-refractivity contribution >= 4 is 5.91 Å². The van der Waals surface area contributed by atoms with Crippen molar-refractivity contribution in [3.05, 3.63) is 72.9 Å². The SMILES string of the molecule is CC/C=C\C/C=C\C/C=C\C/C=C\C/C=C\CC(=O)NC(COC1OC(CO)C(OC2OC(CO)C(OC3OC(CO)C(O)C(O)C3O)C(O)C2O)C(O)C1O)C(O)/C=C/CCCCCCCCCCCCCCCCCCCCCCCCCCCCCCCC. The first kappa shape index (κ1) is 83.5. The third-order valence-electron chi connectivity index (χ3n) is 17.8. The van der Waals surface area contributed by atoms with Crippen LogP contribution in [0.3, 0.4) is 0 Å². The number of hydrogen-bond acceptors (Lipinski definition) is 18. The van der Waals surface area contributed by atoms with Crippen LogP contribution >= 0.6 is 0 Å². The highest BCUT2D eigenvalue weighted by Gasteiger charge is 2.53. The van der Waals surface area contributed by atoms with Gasteiger partial charge < -0.3 is 89.9 Å². The van der Waals surface area contributed by atoms with Crippen molar-refractivity contribution in [3.63, 3.8) is 0 Å². The number of unbranched alkanes of at least 4 members (excludes halogenated alkanes) is 30. The van der Waals surface area contributed by atoms with Gasteiger partial charge in [-0.15, -0.1) is 0 Å². The summed E-state index contributed by atoms with van der Waals surface area (Å²) in [5, 5.41) is 120. The Bertz CT molecular complexity index is 1950. The summed E-state index contributed by atoms with van der Waals surface area (Å²) in [7, 11) is 0. The van der Waals surface area contributed by atoms with Crippen LogP contribution in [0.2, 0.25) is 0 Å². The third-order valence-corrected chi connectivity index (χ3v) is 17.8. The molecule has 0 aromatic rings. The first-order chi connectivity index (χ1) is 44.8. The van der Waals surface area contributed by atoms with Crippen LogP contribution in [0.1, 0.15) is 251 Å². The topological polar surface area (TPSA) is 307 Å². The molecule has 3 aliphatic heterocycles. The van der Waals surface area contributed by atoms with E-state index in [0.29, 0.717) is 6.42 Å². The third kappa shape index (κ3) is 35.5. The molecule has 17 unspecified atom stereocenters. The van der Waals surface area contributed by atoms with Gasteiger partial charge in [-0.2, -0.15) is 0 Å². The van der Waals surface area contributed by atoms with Gasteiger partial charge in [0.15, 0.2) is 18.9 Å². The second-order valence-corrected chi connectivity index (χ2v) is 25.7. The molecule has 0 saturated carbocycles. The Morgan fingerprint density at radius 2 is 0.739 bits per heavy atom. The average molecular weight is 1310 g/mol. The van der Waals surface area contributed by atoms with Crippen LogP contribution in [0, 0.1) is 0 Å². The van der Waals surface area contributed by atoms with Gasteiger partial charge >= 0.3 is 0 Å². The molecule has 12 N–H and O–H groups in total. The van der Waals surface area contributed by atoms with Gasteiger partial charge in [-0.1, -0.05) is 273 Å². The Morgan fingerprint density at radius 1 is 0.402 bits per heavy atom. The Kier molecular flexibility index (Phi) is 49.2. The molecule has 3 fully saturated rings. The molecule has 0 spiro atoms. The fraction of sp³-hybridized carbons (Fsp3) is 0.822. The maximum Gasteiger partial charge on any atom is 0.224 e. The standard InChI is InChI=1S/C73H129NO18/c1-3-5-7-9-11-13-15-17-19-20-21-22-23-24-25-26-27-28-29-30-31-32-33-34-35-37-38-40-42-44-46-48-50-57(78)56(74-61(79)51-49-47-45-43-41-39-36-18-16-14-12-10-8-6-4-2)55-87-71-67(85)64(82)69(59(53-76)89-71)92-73-68(86)65(83)70(60(54-77)90-73)91-72-66(84)63(81)62(80)58(52-75)88-72/h6,8,12,14,18,36,41,43,47-50,56-60,62-73,75-78,80-86H,3-5,7,9-11,13,15-17,19-35,37-40,42,44-46,51-55H2,1-2H3,(H,74,79)/b8-6-,14-12-,36-18-,43-41-,49-47-,50-48+. The molecule has 0 bridgehead atoms. The Labute approximate surface area is 553 Å². The number of amides is 1. The summed E-state index contributed by atoms with van der Waals surface area (Å²) in [6, 6.07) is -1.03. The lowest BCUT2D eigenvalue weighted by atomic mass is 9.96. The zero-order valence-corrected chi connectivity index (χ0v) is 56.5. The second kappa shape index (κ2) is 54.3. The number of rotatable bonds is 55. The number of hydrogen-bond donors (Lipinski definition) is 12. The van der Waals surface area contributed by atoms with Gasteiger partial charge in [0.1, 0.15) is 73.2 Å². The highest BCUT2D eigenvalue weighted by molar-refractivity contribution is 5.77. The highest BCUT2D eigenvalue weighted by atomic mass is 16.8. The molecule has 3 rings (SSSR count). The van der Waals surface area contributed by atoms with Crippen molar-refractivity contribution in [3.8, 4) is 0 Å². The molecule has 19 nitrogen and oxygen atoms in total. The van der Waals surface area contributed by atoms with Gasteiger partial charge in [0.2, 0.25) is 5.91 Å². The van der Waals surface area contributed by atoms with Gasteiger partial charge in [-0.25, -0.2) is 0 Å². The van der Waals surface area contributed by atoms with Crippen LogP contribution < -0.4 is 5.32 Å². The van der Waals surface area contributed by atoms with Gasteiger partial charge in [0.05, 0.1) is 38.6 Å². The van der Waals surface area contributed by atoms with Crippen molar-refractivity contribution in [2.45, 2.75) is 356 Å². The fourth-order valence-electron chi connectivity index (χ4n) is 12.0. The van der Waals surface area contributed by atoms with Gasteiger partial charge in [0.25, 0.3) is 0 Å². The van der Waals surface area contributed by atoms with E-state index in [-0.39, 0.29) is 6.42 Å². The highest BCUT2D eigenvalue weighted by Crippen LogP contribution is 2.33. The first-order valence-corrected chi connectivity index (χ1v) is 36.2. The summed E-state index contributed by atoms with van der Waals surface area (Å²) < 4.78 is 34.3. The smallest absolute Gasteiger partial charge is 0.224 e. The molecule has 0 aromatic heterocycles. The molecule has 3 saturated heterocycles. The Balaban J connectivity index is 1.39. The number of nitrogens with one attached hydrogen (secondary N) is 1. The van der Waals surface area contributed by atoms with E-state index < -0.39 is 137 Å². The predicted molar refractivity (Wildman–Crippen MR) is 360 cm³/mol. The lowest BCUT2D eigenvalue weighted by molar-refractivity contribution is -0.379. The van der Waals surface area contributed by atoms with Crippen molar-refractivity contribution < 1.29 is 89.4 Å². The Morgan fingerprint density at radius 3 is 1.13 bits per heavy atom. The summed E-state index contributed by atoms with van der Waals surface area (Å²) in [5.41, 5.74) is 0. The minimum atomic E-state index is -1.99. The minimum Gasteiger partial charge on any atom is -0.394 e. The molecular weight excluding hydrogens is 1180 g/mol. The predicted octanol–water partition coefficient (Wildman–Crippen LogP) is 10.1. The van der Waals surface area contributed by atoms with E-state index in [2.05, 4.69) is 61.7 Å². The van der Waals surface area contributed by atoms with E-state index in [1.807, 2.05) is 18.2 Å². The van der Waals surface area contributed by atoms with E-state index in [1.165, 1.54) is 173 Å². The van der Waals surface area contributed by atoms with Gasteiger partial charge in [-0.05, 0) is 44.9 Å². The number of aliphatic hydroxyl groups is 11. The Hall–Kier alpha value is -2.77. The first-order valence-electron chi connectivity index (χ1n) is 36.2. The van der Waals surface area contributed by atoms with Crippen LogP contribution in [0.25, 0.3) is 0 Å². The van der Waals surface area contributed by atoms with Crippen LogP contribution in [-0.4, -0.2) is 193 Å². The van der Waals surface area contributed by atoms with E-state index >= 15 is 0 Å². The van der Waals surface area contributed by atoms with Crippen molar-refractivity contribution in [2.75, 3.05) is 26.4 Å². The quantitative estimate of drug-likeness (QED) is 0.0199. The fourth-order valence-corrected chi connectivity index (χ4v) is 12.0. The van der Waals surface area contributed by atoms with Crippen LogP contribution in [0.4, 0.5) is 0 Å². The summed E-state index contributed by atoms with van der Waals surface area (Å²) in [5.74, 6) is -0.402. The van der Waals surface area contributed by atoms with Crippen molar-refractivity contribution in [1.29, 1.82) is 0 Å². The van der Waals surface area contributed by atoms with E-state index in [1.54, 1.807) is 12.2 Å². The minimum absolute atomic E-state index is 0.00848. The van der Waals surface area contributed by atoms with Crippen LogP contribution in [0.5, 0.6) is 0 Å². The second-order valence-electron chi connectivity index (χ2n) is 25.7. The molecule has 19 heteroatoms. The maximum atomic E-state index is 13.3. The van der Waals surface area contributed by atoms with Gasteiger partial charge in [0, 0.05) is 6.42 Å². The number of aliphatic hydroxyl groups excluding tert-OH is 11. The normalized spacial score (nSPS) is 28.1. The van der Waals surface area contributed by atoms with E-state index in [9.17, 15) is 61.0 Å². The number of carbonyl (C=O) groups excluding carboxylic acids is 1. The van der Waals surface area contributed by atoms with Crippen molar-refractivity contribution in [1.82, 2.24) is 5.32 Å². The molecule has 3 heterocycles. The number of ether oxygens (including phenoxy) is 6. The van der Waals surface area contributed by atoms with Crippen LogP contribution in [-0.2, 0) is 33.2 Å². The zero-order chi connectivity index (χ0) is 66.8. The van der Waals surface area contributed by atoms with E-state index in [4.69, 9.17) is 28.4 Å². The maximum absolute atomic E-state index is 13.3. The molecule has 3 aliphatic rings. The number of allylic oxidation sites excluding steroid dienone is 10. The molecule has 0 radical (unpaired) electrons. The molecule has 92 heavy (non-hydrogen) atoms. The molecule has 1 amide bonds. The molecule has 534 valence electrons. The van der Waals surface area contributed by atoms with Gasteiger partial charge in [-0.3, -0.25) is 4.79 Å². The molecule has 17 atom stereocenters. The molecule has 0 aromatic carbocycles. The summed E-state index contributed by atoms with van der Waals surface area (Å²) in [6.45, 7) is 1.56.